The van der Waals surface area contributed by atoms with Crippen molar-refractivity contribution in [2.45, 2.75) is 29.4 Å². The number of nitriles is 1. The summed E-state index contributed by atoms with van der Waals surface area (Å²) in [5, 5.41) is 10.4. The number of fused-ring (bicyclic) bond motifs is 1. The maximum atomic E-state index is 13.2. The summed E-state index contributed by atoms with van der Waals surface area (Å²) in [4.78, 5) is 19.7. The van der Waals surface area contributed by atoms with Crippen molar-refractivity contribution in [3.63, 3.8) is 0 Å². The van der Waals surface area contributed by atoms with Crippen LogP contribution in [0.25, 0.3) is 10.9 Å². The first-order valence-corrected chi connectivity index (χ1v) is 11.5. The van der Waals surface area contributed by atoms with Gasteiger partial charge in [0.2, 0.25) is 0 Å². The number of nitrogens with zero attached hydrogens (tertiary/aromatic N) is 4. The molecule has 166 valence electrons. The number of rotatable bonds is 5. The van der Waals surface area contributed by atoms with Crippen LogP contribution in [-0.4, -0.2) is 59.9 Å². The molecule has 32 heavy (non-hydrogen) atoms. The molecule has 0 radical (unpaired) electrons. The zero-order chi connectivity index (χ0) is 22.7. The smallest absolute Gasteiger partial charge is 0.421 e. The molecule has 1 saturated heterocycles. The van der Waals surface area contributed by atoms with E-state index in [4.69, 9.17) is 10.5 Å². The van der Waals surface area contributed by atoms with E-state index in [0.717, 1.165) is 36.0 Å². The number of benzene rings is 2. The van der Waals surface area contributed by atoms with Crippen LogP contribution in [-0.2, 0) is 4.74 Å². The average Bonchev–Trinajstić information content (AvgIpc) is 3.09. The number of hydrogen-bond acceptors (Lipinski definition) is 7. The summed E-state index contributed by atoms with van der Waals surface area (Å²) in [7, 11) is 2.09. The van der Waals surface area contributed by atoms with Crippen molar-refractivity contribution in [1.82, 2.24) is 14.4 Å². The maximum absolute atomic E-state index is 13.2. The molecular formula is C24H27N5O2S. The van der Waals surface area contributed by atoms with Crippen molar-refractivity contribution in [1.29, 1.82) is 5.26 Å². The molecule has 1 atom stereocenters. The second-order valence-corrected chi connectivity index (χ2v) is 9.03. The number of likely N-dealkylation sites (N-methyl/N-ethyl adjacent to an activating group) is 1. The van der Waals surface area contributed by atoms with Gasteiger partial charge < -0.3 is 15.4 Å². The maximum Gasteiger partial charge on any atom is 0.421 e. The lowest BCUT2D eigenvalue weighted by Crippen LogP contribution is -2.50. The van der Waals surface area contributed by atoms with Crippen LogP contribution in [0.5, 0.6) is 0 Å². The zero-order valence-corrected chi connectivity index (χ0v) is 19.1. The third-order valence-electron chi connectivity index (χ3n) is 5.78. The van der Waals surface area contributed by atoms with Crippen molar-refractivity contribution < 1.29 is 9.53 Å². The van der Waals surface area contributed by atoms with Gasteiger partial charge in [0, 0.05) is 41.4 Å². The third-order valence-corrected chi connectivity index (χ3v) is 6.78. The minimum absolute atomic E-state index is 0.114. The van der Waals surface area contributed by atoms with Gasteiger partial charge in [-0.1, -0.05) is 36.9 Å². The van der Waals surface area contributed by atoms with Gasteiger partial charge in [-0.2, -0.15) is 5.26 Å². The van der Waals surface area contributed by atoms with Crippen LogP contribution in [0.4, 0.5) is 10.6 Å². The van der Waals surface area contributed by atoms with Gasteiger partial charge in [-0.05, 0) is 43.8 Å². The molecule has 0 amide bonds. The highest BCUT2D eigenvalue weighted by Gasteiger charge is 2.27. The van der Waals surface area contributed by atoms with Gasteiger partial charge >= 0.3 is 6.09 Å². The molecule has 3 aromatic rings. The number of hydrogen-bond donors (Lipinski definition) is 1. The quantitative estimate of drug-likeness (QED) is 0.624. The first kappa shape index (κ1) is 22.2. The van der Waals surface area contributed by atoms with Gasteiger partial charge in [-0.25, -0.2) is 9.36 Å². The molecule has 1 aromatic heterocycles. The van der Waals surface area contributed by atoms with E-state index in [9.17, 15) is 10.1 Å². The van der Waals surface area contributed by atoms with E-state index in [-0.39, 0.29) is 12.0 Å². The highest BCUT2D eigenvalue weighted by Crippen LogP contribution is 2.34. The van der Waals surface area contributed by atoms with Crippen LogP contribution in [0.15, 0.2) is 58.3 Å². The lowest BCUT2D eigenvalue weighted by Gasteiger charge is -2.36. The fraction of sp³-hybridized carbons (Fsp3) is 0.333. The number of carbonyl (C=O) groups excluding carboxylic acids is 1. The first-order chi connectivity index (χ1) is 15.5. The monoisotopic (exact) mass is 449 g/mol. The fourth-order valence-corrected chi connectivity index (χ4v) is 4.87. The summed E-state index contributed by atoms with van der Waals surface area (Å²) in [6, 6.07) is 17.8. The number of carbonyl (C=O) groups is 1. The fourth-order valence-electron chi connectivity index (χ4n) is 3.99. The number of aromatic nitrogens is 1. The van der Waals surface area contributed by atoms with E-state index in [1.54, 1.807) is 11.8 Å². The second-order valence-electron chi connectivity index (χ2n) is 7.89. The molecule has 0 saturated carbocycles. The van der Waals surface area contributed by atoms with Gasteiger partial charge in [-0.3, -0.25) is 4.90 Å². The second kappa shape index (κ2) is 9.65. The van der Waals surface area contributed by atoms with E-state index in [2.05, 4.69) is 22.9 Å². The molecule has 2 heterocycles. The molecule has 8 heteroatoms. The van der Waals surface area contributed by atoms with Gasteiger partial charge in [0.1, 0.15) is 17.5 Å². The molecular weight excluding hydrogens is 422 g/mol. The molecule has 2 N–H and O–H groups in total. The molecule has 0 bridgehead atoms. The Kier molecular flexibility index (Phi) is 6.70. The summed E-state index contributed by atoms with van der Waals surface area (Å²) in [5.74, 6) is 0.114. The van der Waals surface area contributed by atoms with Crippen LogP contribution in [0, 0.1) is 11.3 Å². The van der Waals surface area contributed by atoms with E-state index in [1.807, 2.05) is 55.5 Å². The third kappa shape index (κ3) is 4.46. The van der Waals surface area contributed by atoms with Gasteiger partial charge in [-0.15, -0.1) is 0 Å². The minimum Gasteiger partial charge on any atom is -0.430 e. The topological polar surface area (TPSA) is 87.5 Å². The summed E-state index contributed by atoms with van der Waals surface area (Å²) in [6.45, 7) is 5.55. The lowest BCUT2D eigenvalue weighted by atomic mass is 10.2. The van der Waals surface area contributed by atoms with Crippen LogP contribution in [0.1, 0.15) is 18.9 Å². The SMILES string of the molecule is CCC(OC(=O)n1c(N)c(C#N)c2cc(Sc3ccccc3)ccc21)N1CCN(C)CC1. The number of ether oxygens (including phenoxy) is 1. The summed E-state index contributed by atoms with van der Waals surface area (Å²) in [5.41, 5.74) is 7.13. The molecule has 1 aliphatic rings. The molecule has 4 rings (SSSR count). The van der Waals surface area contributed by atoms with Gasteiger partial charge in [0.05, 0.1) is 5.52 Å². The summed E-state index contributed by atoms with van der Waals surface area (Å²) in [6.07, 6.45) is -0.202. The van der Waals surface area contributed by atoms with Crippen LogP contribution < -0.4 is 5.73 Å². The van der Waals surface area contributed by atoms with Gasteiger partial charge in [0.15, 0.2) is 6.23 Å². The van der Waals surface area contributed by atoms with Crippen molar-refractivity contribution >= 4 is 34.6 Å². The lowest BCUT2D eigenvalue weighted by molar-refractivity contribution is -0.0339. The van der Waals surface area contributed by atoms with Crippen LogP contribution >= 0.6 is 11.8 Å². The standard InChI is InChI=1S/C24H27N5O2S/c1-3-22(28-13-11-27(2)12-14-28)31-24(30)29-21-10-9-18(32-17-7-5-4-6-8-17)15-19(21)20(16-25)23(29)26/h4-10,15,22H,3,11-14,26H2,1-2H3. The molecule has 1 fully saturated rings. The average molecular weight is 450 g/mol. The van der Waals surface area contributed by atoms with Crippen LogP contribution in [0.2, 0.25) is 0 Å². The molecule has 0 aliphatic carbocycles. The van der Waals surface area contributed by atoms with Crippen molar-refractivity contribution in [2.24, 2.45) is 0 Å². The Morgan fingerprint density at radius 2 is 1.88 bits per heavy atom. The Morgan fingerprint density at radius 1 is 1.16 bits per heavy atom. The predicted molar refractivity (Wildman–Crippen MR) is 127 cm³/mol. The molecule has 2 aromatic carbocycles. The number of nitrogens with two attached hydrogens (primary N) is 1. The van der Waals surface area contributed by atoms with Crippen molar-refractivity contribution in [3.8, 4) is 6.07 Å². The minimum atomic E-state index is -0.553. The Hall–Kier alpha value is -2.99. The first-order valence-electron chi connectivity index (χ1n) is 10.7. The van der Waals surface area contributed by atoms with E-state index in [1.165, 1.54) is 4.57 Å². The Bertz CT molecular complexity index is 1150. The van der Waals surface area contributed by atoms with Crippen molar-refractivity contribution in [2.75, 3.05) is 39.0 Å². The largest absolute Gasteiger partial charge is 0.430 e. The zero-order valence-electron chi connectivity index (χ0n) is 18.3. The highest BCUT2D eigenvalue weighted by atomic mass is 32.2. The Balaban J connectivity index is 1.62. The van der Waals surface area contributed by atoms with Crippen molar-refractivity contribution in [3.05, 3.63) is 54.1 Å². The highest BCUT2D eigenvalue weighted by molar-refractivity contribution is 7.99. The van der Waals surface area contributed by atoms with E-state index in [0.29, 0.717) is 22.9 Å². The Labute approximate surface area is 192 Å². The van der Waals surface area contributed by atoms with Gasteiger partial charge in [0.25, 0.3) is 0 Å². The molecule has 1 aliphatic heterocycles. The normalized spacial score (nSPS) is 16.0. The summed E-state index contributed by atoms with van der Waals surface area (Å²) < 4.78 is 7.19. The summed E-state index contributed by atoms with van der Waals surface area (Å²) >= 11 is 1.59. The number of nitrogen functional groups attached to an aromatic ring is 1. The van der Waals surface area contributed by atoms with Crippen LogP contribution in [0.3, 0.4) is 0 Å². The molecule has 0 spiro atoms. The number of anilines is 1. The van der Waals surface area contributed by atoms with E-state index < -0.39 is 6.09 Å². The predicted octanol–water partition coefficient (Wildman–Crippen LogP) is 4.21. The Morgan fingerprint density at radius 3 is 2.53 bits per heavy atom. The molecule has 1 unspecified atom stereocenters. The molecule has 7 nitrogen and oxygen atoms in total. The number of piperazine rings is 1. The van der Waals surface area contributed by atoms with E-state index >= 15 is 0 Å².